The minimum Gasteiger partial charge on any atom is -0.394 e. The molecule has 0 fully saturated rings. The average molecular weight is 258 g/mol. The van der Waals surface area contributed by atoms with Crippen molar-refractivity contribution in [2.24, 2.45) is 7.05 Å². The lowest BCUT2D eigenvalue weighted by Crippen LogP contribution is -2.01. The fourth-order valence-electron chi connectivity index (χ4n) is 2.13. The van der Waals surface area contributed by atoms with E-state index in [-0.39, 0.29) is 0 Å². The molecule has 2 rings (SSSR count). The van der Waals surface area contributed by atoms with Gasteiger partial charge in [0.2, 0.25) is 0 Å². The minimum atomic E-state index is 0.754. The predicted molar refractivity (Wildman–Crippen MR) is 80.7 cm³/mol. The average Bonchev–Trinajstić information content (AvgIpc) is 2.68. The Morgan fingerprint density at radius 3 is 2.47 bits per heavy atom. The van der Waals surface area contributed by atoms with E-state index in [9.17, 15) is 0 Å². The van der Waals surface area contributed by atoms with Crippen molar-refractivity contribution in [2.75, 3.05) is 11.1 Å². The highest BCUT2D eigenvalue weighted by atomic mass is 15.3. The van der Waals surface area contributed by atoms with Crippen molar-refractivity contribution in [1.82, 2.24) is 9.78 Å². The fourth-order valence-corrected chi connectivity index (χ4v) is 2.13. The zero-order valence-electron chi connectivity index (χ0n) is 11.9. The zero-order valence-corrected chi connectivity index (χ0v) is 11.9. The second-order valence-corrected chi connectivity index (χ2v) is 4.76. The maximum absolute atomic E-state index is 6.15. The minimum absolute atomic E-state index is 0.754. The maximum atomic E-state index is 6.15. The molecule has 0 atom stereocenters. The zero-order chi connectivity index (χ0) is 13.8. The topological polar surface area (TPSA) is 55.9 Å². The van der Waals surface area contributed by atoms with Gasteiger partial charge in [0, 0.05) is 12.7 Å². The maximum Gasteiger partial charge on any atom is 0.152 e. The van der Waals surface area contributed by atoms with Crippen LogP contribution in [0.4, 0.5) is 17.2 Å². The summed E-state index contributed by atoms with van der Waals surface area (Å²) in [5.41, 5.74) is 10.2. The van der Waals surface area contributed by atoms with Gasteiger partial charge in [0.1, 0.15) is 0 Å². The van der Waals surface area contributed by atoms with Crippen molar-refractivity contribution in [2.45, 2.75) is 33.1 Å². The second kappa shape index (κ2) is 5.78. The molecular formula is C15H22N4. The molecule has 0 aliphatic heterocycles. The number of rotatable bonds is 5. The third kappa shape index (κ3) is 2.89. The number of aryl methyl sites for hydroxylation is 3. The fraction of sp³-hybridized carbons (Fsp3) is 0.400. The van der Waals surface area contributed by atoms with Crippen LogP contribution in [0.3, 0.4) is 0 Å². The summed E-state index contributed by atoms with van der Waals surface area (Å²) in [4.78, 5) is 0. The Labute approximate surface area is 114 Å². The molecule has 1 aromatic carbocycles. The van der Waals surface area contributed by atoms with E-state index in [4.69, 9.17) is 5.73 Å². The summed E-state index contributed by atoms with van der Waals surface area (Å²) in [6.07, 6.45) is 3.01. The number of nitrogens with two attached hydrogens (primary N) is 1. The first-order valence-corrected chi connectivity index (χ1v) is 6.83. The Kier molecular flexibility index (Phi) is 4.10. The van der Waals surface area contributed by atoms with E-state index in [1.54, 1.807) is 0 Å². The van der Waals surface area contributed by atoms with Crippen LogP contribution in [0.5, 0.6) is 0 Å². The van der Waals surface area contributed by atoms with Gasteiger partial charge in [0.05, 0.1) is 11.4 Å². The number of nitrogens with one attached hydrogen (secondary N) is 1. The molecule has 4 heteroatoms. The molecule has 102 valence electrons. The van der Waals surface area contributed by atoms with E-state index in [1.807, 2.05) is 11.7 Å². The molecule has 0 unspecified atom stereocenters. The van der Waals surface area contributed by atoms with Gasteiger partial charge in [0.25, 0.3) is 0 Å². The second-order valence-electron chi connectivity index (χ2n) is 4.76. The Bertz CT molecular complexity index is 540. The van der Waals surface area contributed by atoms with Crippen LogP contribution in [0.2, 0.25) is 0 Å². The molecule has 0 amide bonds. The van der Waals surface area contributed by atoms with Gasteiger partial charge in [-0.1, -0.05) is 32.4 Å². The highest BCUT2D eigenvalue weighted by molar-refractivity contribution is 5.71. The molecule has 0 spiro atoms. The van der Waals surface area contributed by atoms with Crippen molar-refractivity contribution in [3.63, 3.8) is 0 Å². The lowest BCUT2D eigenvalue weighted by Gasteiger charge is -2.08. The Balaban J connectivity index is 2.22. The molecule has 2 aromatic rings. The molecule has 0 saturated heterocycles. The van der Waals surface area contributed by atoms with Crippen molar-refractivity contribution < 1.29 is 0 Å². The standard InChI is InChI=1S/C15H22N4/c1-4-6-13-14(16)15(19(3)18-13)17-12-9-7-11(5-2)8-10-12/h7-10,17H,4-6,16H2,1-3H3. The summed E-state index contributed by atoms with van der Waals surface area (Å²) in [5.74, 6) is 0.868. The van der Waals surface area contributed by atoms with E-state index in [2.05, 4.69) is 48.5 Å². The Morgan fingerprint density at radius 2 is 1.89 bits per heavy atom. The summed E-state index contributed by atoms with van der Waals surface area (Å²) in [6, 6.07) is 8.40. The van der Waals surface area contributed by atoms with Crippen LogP contribution in [-0.2, 0) is 19.9 Å². The predicted octanol–water partition coefficient (Wildman–Crippen LogP) is 3.26. The molecule has 3 N–H and O–H groups in total. The first-order chi connectivity index (χ1) is 9.15. The summed E-state index contributed by atoms with van der Waals surface area (Å²) in [7, 11) is 1.91. The van der Waals surface area contributed by atoms with Crippen LogP contribution >= 0.6 is 0 Å². The first-order valence-electron chi connectivity index (χ1n) is 6.83. The van der Waals surface area contributed by atoms with Gasteiger partial charge in [-0.3, -0.25) is 4.68 Å². The summed E-state index contributed by atoms with van der Waals surface area (Å²) in [6.45, 7) is 4.28. The lowest BCUT2D eigenvalue weighted by atomic mass is 10.1. The van der Waals surface area contributed by atoms with E-state index in [1.165, 1.54) is 5.56 Å². The number of hydrogen-bond donors (Lipinski definition) is 2. The molecule has 0 aliphatic rings. The number of benzene rings is 1. The molecular weight excluding hydrogens is 236 g/mol. The summed E-state index contributed by atoms with van der Waals surface area (Å²) >= 11 is 0. The number of aromatic nitrogens is 2. The monoisotopic (exact) mass is 258 g/mol. The Hall–Kier alpha value is -1.97. The van der Waals surface area contributed by atoms with Gasteiger partial charge in [-0.2, -0.15) is 5.10 Å². The van der Waals surface area contributed by atoms with Gasteiger partial charge in [-0.25, -0.2) is 0 Å². The SMILES string of the molecule is CCCc1nn(C)c(Nc2ccc(CC)cc2)c1N. The molecule has 0 radical (unpaired) electrons. The van der Waals surface area contributed by atoms with E-state index in [0.29, 0.717) is 0 Å². The molecule has 0 saturated carbocycles. The normalized spacial score (nSPS) is 10.7. The number of anilines is 3. The van der Waals surface area contributed by atoms with Crippen LogP contribution in [0.1, 0.15) is 31.5 Å². The smallest absolute Gasteiger partial charge is 0.152 e. The van der Waals surface area contributed by atoms with Crippen molar-refractivity contribution in [3.05, 3.63) is 35.5 Å². The molecule has 1 aromatic heterocycles. The van der Waals surface area contributed by atoms with Crippen LogP contribution in [0, 0.1) is 0 Å². The third-order valence-corrected chi connectivity index (χ3v) is 3.27. The lowest BCUT2D eigenvalue weighted by molar-refractivity contribution is 0.740. The molecule has 1 heterocycles. The summed E-state index contributed by atoms with van der Waals surface area (Å²) < 4.78 is 1.81. The quantitative estimate of drug-likeness (QED) is 0.865. The van der Waals surface area contributed by atoms with Crippen LogP contribution in [0.25, 0.3) is 0 Å². The highest BCUT2D eigenvalue weighted by Gasteiger charge is 2.12. The Morgan fingerprint density at radius 1 is 1.21 bits per heavy atom. The first kappa shape index (κ1) is 13.5. The number of hydrogen-bond acceptors (Lipinski definition) is 3. The van der Waals surface area contributed by atoms with Gasteiger partial charge in [0.15, 0.2) is 5.82 Å². The van der Waals surface area contributed by atoms with Gasteiger partial charge in [-0.05, 0) is 30.5 Å². The van der Waals surface area contributed by atoms with E-state index < -0.39 is 0 Å². The highest BCUT2D eigenvalue weighted by Crippen LogP contribution is 2.26. The van der Waals surface area contributed by atoms with E-state index >= 15 is 0 Å². The molecule has 0 aliphatic carbocycles. The van der Waals surface area contributed by atoms with Crippen LogP contribution < -0.4 is 11.1 Å². The number of nitrogens with zero attached hydrogens (tertiary/aromatic N) is 2. The number of nitrogen functional groups attached to an aromatic ring is 1. The van der Waals surface area contributed by atoms with Crippen molar-refractivity contribution in [3.8, 4) is 0 Å². The largest absolute Gasteiger partial charge is 0.394 e. The molecule has 0 bridgehead atoms. The van der Waals surface area contributed by atoms with Crippen molar-refractivity contribution in [1.29, 1.82) is 0 Å². The van der Waals surface area contributed by atoms with Gasteiger partial charge >= 0.3 is 0 Å². The van der Waals surface area contributed by atoms with Gasteiger partial charge in [-0.15, -0.1) is 0 Å². The van der Waals surface area contributed by atoms with Crippen LogP contribution in [-0.4, -0.2) is 9.78 Å². The summed E-state index contributed by atoms with van der Waals surface area (Å²) in [5, 5.41) is 7.81. The van der Waals surface area contributed by atoms with Crippen LogP contribution in [0.15, 0.2) is 24.3 Å². The molecule has 19 heavy (non-hydrogen) atoms. The van der Waals surface area contributed by atoms with Gasteiger partial charge < -0.3 is 11.1 Å². The van der Waals surface area contributed by atoms with Crippen molar-refractivity contribution >= 4 is 17.2 Å². The third-order valence-electron chi connectivity index (χ3n) is 3.27. The molecule has 4 nitrogen and oxygen atoms in total. The van der Waals surface area contributed by atoms with E-state index in [0.717, 1.165) is 42.1 Å².